The quantitative estimate of drug-likeness (QED) is 0.131. The van der Waals surface area contributed by atoms with Gasteiger partial charge >= 0.3 is 5.97 Å². The summed E-state index contributed by atoms with van der Waals surface area (Å²) in [7, 11) is 1.29. The molecule has 3 rings (SSSR count). The highest BCUT2D eigenvalue weighted by Crippen LogP contribution is 2.23. The number of halogens is 2. The molecule has 0 saturated heterocycles. The van der Waals surface area contributed by atoms with Crippen molar-refractivity contribution in [2.24, 2.45) is 10.7 Å². The standard InChI is InChI=1S/C29H34Cl2N4O4/c1-19(2)33-27(32)22-8-6-21(7-9-22)25-12-13-26(39-25)28(36)34-24(29(37)38-3)18-20-4-10-23(11-5-20)35(16-14-30)17-15-31/h4-13,19,24H,14-18H2,1-3H3,(H2,32,33)(H,34,36). The molecule has 0 radical (unpaired) electrons. The number of amides is 1. The van der Waals surface area contributed by atoms with E-state index < -0.39 is 17.9 Å². The van der Waals surface area contributed by atoms with Crippen LogP contribution in [0, 0.1) is 0 Å². The Labute approximate surface area is 239 Å². The normalized spacial score (nSPS) is 12.3. The lowest BCUT2D eigenvalue weighted by Crippen LogP contribution is -2.43. The zero-order valence-corrected chi connectivity index (χ0v) is 23.8. The fourth-order valence-corrected chi connectivity index (χ4v) is 4.40. The van der Waals surface area contributed by atoms with E-state index >= 15 is 0 Å². The van der Waals surface area contributed by atoms with Gasteiger partial charge in [-0.2, -0.15) is 0 Å². The van der Waals surface area contributed by atoms with E-state index in [4.69, 9.17) is 38.1 Å². The highest BCUT2D eigenvalue weighted by molar-refractivity contribution is 6.18. The second kappa shape index (κ2) is 14.6. The summed E-state index contributed by atoms with van der Waals surface area (Å²) < 4.78 is 10.7. The van der Waals surface area contributed by atoms with E-state index in [1.807, 2.05) is 62.4 Å². The average molecular weight is 574 g/mol. The van der Waals surface area contributed by atoms with Gasteiger partial charge in [0.15, 0.2) is 5.76 Å². The largest absolute Gasteiger partial charge is 0.467 e. The van der Waals surface area contributed by atoms with Gasteiger partial charge in [-0.15, -0.1) is 23.2 Å². The third-order valence-corrected chi connectivity index (χ3v) is 6.27. The lowest BCUT2D eigenvalue weighted by molar-refractivity contribution is -0.142. The SMILES string of the molecule is COC(=O)C(Cc1ccc(N(CCCl)CCCl)cc1)NC(=O)c1ccc(-c2ccc(C(N)=NC(C)C)cc2)o1. The first kappa shape index (κ1) is 30.1. The van der Waals surface area contributed by atoms with Crippen molar-refractivity contribution in [2.45, 2.75) is 32.4 Å². The van der Waals surface area contributed by atoms with Crippen molar-refractivity contribution in [1.82, 2.24) is 5.32 Å². The Bertz CT molecular complexity index is 1250. The Morgan fingerprint density at radius 2 is 1.64 bits per heavy atom. The summed E-state index contributed by atoms with van der Waals surface area (Å²) in [5.41, 5.74) is 9.44. The number of amidine groups is 1. The maximum atomic E-state index is 13.0. The molecule has 3 N–H and O–H groups in total. The molecule has 1 aromatic heterocycles. The second-order valence-electron chi connectivity index (χ2n) is 9.13. The zero-order valence-electron chi connectivity index (χ0n) is 22.3. The summed E-state index contributed by atoms with van der Waals surface area (Å²) in [6.45, 7) is 5.26. The molecule has 1 heterocycles. The molecule has 10 heteroatoms. The fraction of sp³-hybridized carbons (Fsp3) is 0.345. The first-order chi connectivity index (χ1) is 18.7. The smallest absolute Gasteiger partial charge is 0.328 e. The molecule has 8 nitrogen and oxygen atoms in total. The number of benzene rings is 2. The molecule has 0 aliphatic carbocycles. The fourth-order valence-electron chi connectivity index (χ4n) is 3.99. The molecule has 3 aromatic rings. The van der Waals surface area contributed by atoms with Crippen LogP contribution in [0.3, 0.4) is 0 Å². The molecular formula is C29H34Cl2N4O4. The lowest BCUT2D eigenvalue weighted by atomic mass is 10.0. The van der Waals surface area contributed by atoms with E-state index in [9.17, 15) is 9.59 Å². The molecule has 0 bridgehead atoms. The number of ether oxygens (including phenoxy) is 1. The van der Waals surface area contributed by atoms with Gasteiger partial charge in [-0.1, -0.05) is 36.4 Å². The minimum Gasteiger partial charge on any atom is -0.467 e. The highest BCUT2D eigenvalue weighted by Gasteiger charge is 2.24. The number of furan rings is 1. The zero-order chi connectivity index (χ0) is 28.4. The number of anilines is 1. The molecule has 0 spiro atoms. The maximum absolute atomic E-state index is 13.0. The third-order valence-electron chi connectivity index (χ3n) is 5.93. The van der Waals surface area contributed by atoms with Gasteiger partial charge in [-0.25, -0.2) is 4.79 Å². The molecular weight excluding hydrogens is 539 g/mol. The number of rotatable bonds is 13. The summed E-state index contributed by atoms with van der Waals surface area (Å²) in [6, 6.07) is 17.6. The predicted molar refractivity (Wildman–Crippen MR) is 157 cm³/mol. The number of aliphatic imine (C=N–C) groups is 1. The number of nitrogens with zero attached hydrogens (tertiary/aromatic N) is 2. The van der Waals surface area contributed by atoms with E-state index in [0.29, 0.717) is 36.4 Å². The monoisotopic (exact) mass is 572 g/mol. The van der Waals surface area contributed by atoms with Gasteiger partial charge in [0, 0.05) is 54.1 Å². The predicted octanol–water partition coefficient (Wildman–Crippen LogP) is 4.86. The van der Waals surface area contributed by atoms with E-state index in [2.05, 4.69) is 15.2 Å². The number of alkyl halides is 2. The number of methoxy groups -OCH3 is 1. The number of carbonyl (C=O) groups excluding carboxylic acids is 2. The van der Waals surface area contributed by atoms with Crippen molar-refractivity contribution < 1.29 is 18.7 Å². The Morgan fingerprint density at radius 1 is 1.00 bits per heavy atom. The molecule has 0 fully saturated rings. The molecule has 0 aliphatic heterocycles. The molecule has 208 valence electrons. The van der Waals surface area contributed by atoms with Crippen LogP contribution in [-0.2, 0) is 16.0 Å². The van der Waals surface area contributed by atoms with E-state index in [1.54, 1.807) is 12.1 Å². The van der Waals surface area contributed by atoms with Crippen LogP contribution in [0.1, 0.15) is 35.5 Å². The molecule has 0 aliphatic rings. The third kappa shape index (κ3) is 8.50. The van der Waals surface area contributed by atoms with Gasteiger partial charge in [-0.3, -0.25) is 9.79 Å². The van der Waals surface area contributed by atoms with Crippen molar-refractivity contribution in [3.63, 3.8) is 0 Å². The maximum Gasteiger partial charge on any atom is 0.328 e. The Morgan fingerprint density at radius 3 is 2.21 bits per heavy atom. The molecule has 2 aromatic carbocycles. The van der Waals surface area contributed by atoms with E-state index in [0.717, 1.165) is 22.4 Å². The Hall–Kier alpha value is -3.49. The number of esters is 1. The van der Waals surface area contributed by atoms with Crippen molar-refractivity contribution in [3.05, 3.63) is 77.6 Å². The van der Waals surface area contributed by atoms with Crippen LogP contribution in [0.15, 0.2) is 70.1 Å². The second-order valence-corrected chi connectivity index (χ2v) is 9.89. The van der Waals surface area contributed by atoms with Gasteiger partial charge in [-0.05, 0) is 43.7 Å². The van der Waals surface area contributed by atoms with Crippen LogP contribution >= 0.6 is 23.2 Å². The summed E-state index contributed by atoms with van der Waals surface area (Å²) >= 11 is 11.8. The number of hydrogen-bond donors (Lipinski definition) is 2. The van der Waals surface area contributed by atoms with Crippen LogP contribution in [0.2, 0.25) is 0 Å². The number of carbonyl (C=O) groups is 2. The van der Waals surface area contributed by atoms with Gasteiger partial charge in [0.25, 0.3) is 5.91 Å². The van der Waals surface area contributed by atoms with Gasteiger partial charge in [0.1, 0.15) is 17.6 Å². The number of nitrogens with one attached hydrogen (secondary N) is 1. The molecule has 39 heavy (non-hydrogen) atoms. The molecule has 1 unspecified atom stereocenters. The average Bonchev–Trinajstić information content (AvgIpc) is 3.43. The summed E-state index contributed by atoms with van der Waals surface area (Å²) in [5, 5.41) is 2.73. The van der Waals surface area contributed by atoms with E-state index in [1.165, 1.54) is 7.11 Å². The van der Waals surface area contributed by atoms with Crippen LogP contribution < -0.4 is 16.0 Å². The number of nitrogens with two attached hydrogens (primary N) is 1. The van der Waals surface area contributed by atoms with E-state index in [-0.39, 0.29) is 18.2 Å². The minimum atomic E-state index is -0.897. The topological polar surface area (TPSA) is 110 Å². The van der Waals surface area contributed by atoms with Crippen molar-refractivity contribution >= 4 is 46.6 Å². The van der Waals surface area contributed by atoms with Crippen LogP contribution in [-0.4, -0.2) is 61.8 Å². The van der Waals surface area contributed by atoms with Crippen LogP contribution in [0.4, 0.5) is 5.69 Å². The summed E-state index contributed by atoms with van der Waals surface area (Å²) in [6.07, 6.45) is 0.248. The lowest BCUT2D eigenvalue weighted by Gasteiger charge is -2.23. The van der Waals surface area contributed by atoms with Gasteiger partial charge in [0.05, 0.1) is 7.11 Å². The summed E-state index contributed by atoms with van der Waals surface area (Å²) in [4.78, 5) is 31.9. The van der Waals surface area contributed by atoms with Crippen molar-refractivity contribution in [2.75, 3.05) is 36.9 Å². The van der Waals surface area contributed by atoms with Crippen LogP contribution in [0.25, 0.3) is 11.3 Å². The van der Waals surface area contributed by atoms with Gasteiger partial charge in [0.2, 0.25) is 0 Å². The molecule has 0 saturated carbocycles. The first-order valence-corrected chi connectivity index (χ1v) is 13.7. The molecule has 1 atom stereocenters. The van der Waals surface area contributed by atoms with Crippen LogP contribution in [0.5, 0.6) is 0 Å². The van der Waals surface area contributed by atoms with Crippen molar-refractivity contribution in [3.8, 4) is 11.3 Å². The molecule has 1 amide bonds. The summed E-state index contributed by atoms with van der Waals surface area (Å²) in [5.74, 6) is 0.942. The Balaban J connectivity index is 1.70. The minimum absolute atomic E-state index is 0.0806. The van der Waals surface area contributed by atoms with Crippen molar-refractivity contribution in [1.29, 1.82) is 0 Å². The Kier molecular flexibility index (Phi) is 11.3. The number of hydrogen-bond acceptors (Lipinski definition) is 6. The first-order valence-electron chi connectivity index (χ1n) is 12.6. The highest BCUT2D eigenvalue weighted by atomic mass is 35.5. The van der Waals surface area contributed by atoms with Gasteiger partial charge < -0.3 is 25.1 Å².